The average molecular weight is 325 g/mol. The van der Waals surface area contributed by atoms with E-state index in [-0.39, 0.29) is 5.56 Å². The maximum Gasteiger partial charge on any atom is 0.335 e. The van der Waals surface area contributed by atoms with E-state index in [0.717, 1.165) is 16.3 Å². The van der Waals surface area contributed by atoms with Gasteiger partial charge in [-0.3, -0.25) is 0 Å². The van der Waals surface area contributed by atoms with Gasteiger partial charge in [-0.05, 0) is 31.2 Å². The monoisotopic (exact) mass is 325 g/mol. The van der Waals surface area contributed by atoms with E-state index >= 15 is 0 Å². The molecule has 0 saturated heterocycles. The zero-order valence-electron chi connectivity index (χ0n) is 12.5. The molecule has 1 N–H and O–H groups in total. The van der Waals surface area contributed by atoms with E-state index in [4.69, 9.17) is 9.84 Å². The lowest BCUT2D eigenvalue weighted by Crippen LogP contribution is -1.97. The first-order chi connectivity index (χ1) is 11.1. The summed E-state index contributed by atoms with van der Waals surface area (Å²) in [5.74, 6) is -0.318. The Balaban J connectivity index is 1.65. The molecule has 0 aliphatic rings. The van der Waals surface area contributed by atoms with E-state index in [1.54, 1.807) is 23.5 Å². The number of aromatic nitrogens is 1. The highest BCUT2D eigenvalue weighted by atomic mass is 32.1. The molecule has 1 aromatic heterocycles. The van der Waals surface area contributed by atoms with Gasteiger partial charge in [-0.1, -0.05) is 29.8 Å². The van der Waals surface area contributed by atoms with Crippen molar-refractivity contribution in [2.24, 2.45) is 0 Å². The van der Waals surface area contributed by atoms with Gasteiger partial charge >= 0.3 is 5.97 Å². The second-order valence-electron chi connectivity index (χ2n) is 5.11. The van der Waals surface area contributed by atoms with Gasteiger partial charge in [-0.15, -0.1) is 11.3 Å². The molecule has 0 amide bonds. The van der Waals surface area contributed by atoms with Gasteiger partial charge in [-0.2, -0.15) is 0 Å². The molecule has 1 heterocycles. The largest absolute Gasteiger partial charge is 0.486 e. The number of nitrogens with zero attached hydrogens (tertiary/aromatic N) is 1. The van der Waals surface area contributed by atoms with Crippen molar-refractivity contribution in [3.05, 3.63) is 70.0 Å². The number of thiazole rings is 1. The van der Waals surface area contributed by atoms with Crippen LogP contribution in [0.4, 0.5) is 0 Å². The molecule has 3 rings (SSSR count). The van der Waals surface area contributed by atoms with Crippen LogP contribution in [0.25, 0.3) is 11.3 Å². The van der Waals surface area contributed by atoms with Crippen molar-refractivity contribution in [3.63, 3.8) is 0 Å². The standard InChI is InChI=1S/C18H15NO3S/c1-12-2-4-13(5-3-12)16-11-23-17(19-16)10-22-15-8-6-14(7-9-15)18(20)21/h2-9,11H,10H2,1H3,(H,20,21). The molecule has 116 valence electrons. The van der Waals surface area contributed by atoms with E-state index < -0.39 is 5.97 Å². The molecule has 0 spiro atoms. The number of carbonyl (C=O) groups is 1. The quantitative estimate of drug-likeness (QED) is 0.755. The van der Waals surface area contributed by atoms with Crippen LogP contribution in [0.1, 0.15) is 20.9 Å². The molecule has 0 atom stereocenters. The van der Waals surface area contributed by atoms with Crippen molar-refractivity contribution in [3.8, 4) is 17.0 Å². The molecule has 0 aliphatic heterocycles. The van der Waals surface area contributed by atoms with Gasteiger partial charge in [0, 0.05) is 10.9 Å². The zero-order valence-corrected chi connectivity index (χ0v) is 13.3. The molecule has 0 saturated carbocycles. The molecule has 5 heteroatoms. The van der Waals surface area contributed by atoms with E-state index in [9.17, 15) is 4.79 Å². The van der Waals surface area contributed by atoms with Crippen LogP contribution >= 0.6 is 11.3 Å². The molecule has 2 aromatic carbocycles. The van der Waals surface area contributed by atoms with Crippen molar-refractivity contribution in [1.82, 2.24) is 4.98 Å². The maximum atomic E-state index is 10.8. The van der Waals surface area contributed by atoms with Gasteiger partial charge in [0.05, 0.1) is 11.3 Å². The Bertz CT molecular complexity index is 807. The SMILES string of the molecule is Cc1ccc(-c2csc(COc3ccc(C(=O)O)cc3)n2)cc1. The maximum absolute atomic E-state index is 10.8. The molecule has 0 bridgehead atoms. The highest BCUT2D eigenvalue weighted by Crippen LogP contribution is 2.23. The number of ether oxygens (including phenoxy) is 1. The minimum atomic E-state index is -0.945. The van der Waals surface area contributed by atoms with Gasteiger partial charge in [0.15, 0.2) is 0 Å². The Labute approximate surface area is 138 Å². The van der Waals surface area contributed by atoms with Crippen LogP contribution < -0.4 is 4.74 Å². The van der Waals surface area contributed by atoms with E-state index in [0.29, 0.717) is 12.4 Å². The van der Waals surface area contributed by atoms with Crippen molar-refractivity contribution >= 4 is 17.3 Å². The first kappa shape index (κ1) is 15.2. The normalized spacial score (nSPS) is 10.5. The van der Waals surface area contributed by atoms with Gasteiger partial charge in [0.2, 0.25) is 0 Å². The molecule has 3 aromatic rings. The predicted octanol–water partition coefficient (Wildman–Crippen LogP) is 4.40. The Morgan fingerprint density at radius 3 is 2.48 bits per heavy atom. The Hall–Kier alpha value is -2.66. The molecule has 0 radical (unpaired) electrons. The van der Waals surface area contributed by atoms with Gasteiger partial charge in [-0.25, -0.2) is 9.78 Å². The van der Waals surface area contributed by atoms with Crippen LogP contribution in [0.2, 0.25) is 0 Å². The van der Waals surface area contributed by atoms with E-state index in [1.165, 1.54) is 17.7 Å². The van der Waals surface area contributed by atoms with Crippen LogP contribution in [0.15, 0.2) is 53.9 Å². The lowest BCUT2D eigenvalue weighted by Gasteiger charge is -2.04. The summed E-state index contributed by atoms with van der Waals surface area (Å²) in [6.45, 7) is 2.42. The number of aryl methyl sites for hydroxylation is 1. The van der Waals surface area contributed by atoms with E-state index in [1.807, 2.05) is 5.38 Å². The second kappa shape index (κ2) is 6.62. The predicted molar refractivity (Wildman–Crippen MR) is 90.0 cm³/mol. The highest BCUT2D eigenvalue weighted by Gasteiger charge is 2.06. The van der Waals surface area contributed by atoms with Gasteiger partial charge in [0.25, 0.3) is 0 Å². The second-order valence-corrected chi connectivity index (χ2v) is 6.05. The fraction of sp³-hybridized carbons (Fsp3) is 0.111. The Morgan fingerprint density at radius 1 is 1.13 bits per heavy atom. The fourth-order valence-corrected chi connectivity index (χ4v) is 2.79. The third-order valence-electron chi connectivity index (χ3n) is 3.36. The molecule has 0 unspecified atom stereocenters. The van der Waals surface area contributed by atoms with Crippen molar-refractivity contribution in [2.45, 2.75) is 13.5 Å². The smallest absolute Gasteiger partial charge is 0.335 e. The number of hydrogen-bond acceptors (Lipinski definition) is 4. The number of aromatic carboxylic acids is 1. The number of benzene rings is 2. The molecule has 4 nitrogen and oxygen atoms in total. The lowest BCUT2D eigenvalue weighted by atomic mass is 10.1. The molecule has 0 aliphatic carbocycles. The van der Waals surface area contributed by atoms with Crippen LogP contribution in [-0.2, 0) is 6.61 Å². The first-order valence-corrected chi connectivity index (χ1v) is 7.97. The summed E-state index contributed by atoms with van der Waals surface area (Å²) in [6.07, 6.45) is 0. The van der Waals surface area contributed by atoms with Crippen molar-refractivity contribution in [1.29, 1.82) is 0 Å². The third-order valence-corrected chi connectivity index (χ3v) is 4.18. The number of carboxylic acid groups (broad SMARTS) is 1. The highest BCUT2D eigenvalue weighted by molar-refractivity contribution is 7.09. The summed E-state index contributed by atoms with van der Waals surface area (Å²) < 4.78 is 5.65. The summed E-state index contributed by atoms with van der Waals surface area (Å²) in [6, 6.07) is 14.6. The summed E-state index contributed by atoms with van der Waals surface area (Å²) >= 11 is 1.55. The summed E-state index contributed by atoms with van der Waals surface area (Å²) in [4.78, 5) is 15.4. The lowest BCUT2D eigenvalue weighted by molar-refractivity contribution is 0.0697. The summed E-state index contributed by atoms with van der Waals surface area (Å²) in [7, 11) is 0. The molecular formula is C18H15NO3S. The number of hydrogen-bond donors (Lipinski definition) is 1. The Kier molecular flexibility index (Phi) is 4.39. The molecule has 0 fully saturated rings. The minimum absolute atomic E-state index is 0.244. The van der Waals surface area contributed by atoms with Gasteiger partial charge < -0.3 is 9.84 Å². The zero-order chi connectivity index (χ0) is 16.2. The molecule has 23 heavy (non-hydrogen) atoms. The van der Waals surface area contributed by atoms with Gasteiger partial charge in [0.1, 0.15) is 17.4 Å². The molecular weight excluding hydrogens is 310 g/mol. The number of rotatable bonds is 5. The first-order valence-electron chi connectivity index (χ1n) is 7.09. The topological polar surface area (TPSA) is 59.4 Å². The fourth-order valence-electron chi connectivity index (χ4n) is 2.07. The Morgan fingerprint density at radius 2 is 1.83 bits per heavy atom. The minimum Gasteiger partial charge on any atom is -0.486 e. The van der Waals surface area contributed by atoms with Crippen molar-refractivity contribution in [2.75, 3.05) is 0 Å². The van der Waals surface area contributed by atoms with Crippen molar-refractivity contribution < 1.29 is 14.6 Å². The number of carboxylic acids is 1. The van der Waals surface area contributed by atoms with E-state index in [2.05, 4.69) is 36.2 Å². The summed E-state index contributed by atoms with van der Waals surface area (Å²) in [5, 5.41) is 11.8. The van der Waals surface area contributed by atoms with Crippen LogP contribution in [0.5, 0.6) is 5.75 Å². The third kappa shape index (κ3) is 3.76. The van der Waals surface area contributed by atoms with Crippen LogP contribution in [0, 0.1) is 6.92 Å². The van der Waals surface area contributed by atoms with Crippen LogP contribution in [-0.4, -0.2) is 16.1 Å². The average Bonchev–Trinajstić information content (AvgIpc) is 3.03. The van der Waals surface area contributed by atoms with Crippen LogP contribution in [0.3, 0.4) is 0 Å². The summed E-state index contributed by atoms with van der Waals surface area (Å²) in [5.41, 5.74) is 3.49.